The number of aromatic hydroxyl groups is 1. The summed E-state index contributed by atoms with van der Waals surface area (Å²) >= 11 is 0. The van der Waals surface area contributed by atoms with E-state index in [9.17, 15) is 9.90 Å². The van der Waals surface area contributed by atoms with Crippen molar-refractivity contribution in [3.05, 3.63) is 29.8 Å². The van der Waals surface area contributed by atoms with Crippen LogP contribution in [-0.2, 0) is 9.47 Å². The minimum absolute atomic E-state index is 0.134. The van der Waals surface area contributed by atoms with Crippen LogP contribution in [-0.4, -0.2) is 30.9 Å². The molecule has 0 amide bonds. The van der Waals surface area contributed by atoms with Crippen LogP contribution in [0, 0.1) is 5.92 Å². The normalized spacial score (nSPS) is 12.1. The van der Waals surface area contributed by atoms with E-state index in [1.54, 1.807) is 12.1 Å². The topological polar surface area (TPSA) is 55.8 Å². The summed E-state index contributed by atoms with van der Waals surface area (Å²) in [4.78, 5) is 11.8. The SMILES string of the molecule is CCCCCC(CCC)COCCOC(=O)c1ccc(O)cc1. The van der Waals surface area contributed by atoms with Crippen molar-refractivity contribution in [3.63, 3.8) is 0 Å². The molecule has 0 heterocycles. The zero-order valence-electron chi connectivity index (χ0n) is 14.4. The van der Waals surface area contributed by atoms with E-state index in [-0.39, 0.29) is 18.3 Å². The molecular formula is C19H30O4. The van der Waals surface area contributed by atoms with Crippen molar-refractivity contribution < 1.29 is 19.4 Å². The molecule has 1 aromatic carbocycles. The molecule has 0 aliphatic rings. The zero-order valence-corrected chi connectivity index (χ0v) is 14.4. The van der Waals surface area contributed by atoms with Crippen LogP contribution < -0.4 is 0 Å². The van der Waals surface area contributed by atoms with Crippen molar-refractivity contribution in [2.24, 2.45) is 5.92 Å². The molecular weight excluding hydrogens is 292 g/mol. The molecule has 0 fully saturated rings. The van der Waals surface area contributed by atoms with Gasteiger partial charge in [-0.1, -0.05) is 39.5 Å². The molecule has 1 atom stereocenters. The van der Waals surface area contributed by atoms with E-state index < -0.39 is 0 Å². The molecule has 4 heteroatoms. The van der Waals surface area contributed by atoms with Gasteiger partial charge in [0.1, 0.15) is 12.4 Å². The van der Waals surface area contributed by atoms with Crippen LogP contribution in [0.25, 0.3) is 0 Å². The van der Waals surface area contributed by atoms with Gasteiger partial charge in [-0.3, -0.25) is 0 Å². The van der Waals surface area contributed by atoms with Gasteiger partial charge in [0, 0.05) is 6.61 Å². The number of carbonyl (C=O) groups is 1. The first-order chi connectivity index (χ1) is 11.2. The van der Waals surface area contributed by atoms with Crippen molar-refractivity contribution in [2.45, 2.75) is 52.4 Å². The molecule has 0 aromatic heterocycles. The number of esters is 1. The Balaban J connectivity index is 2.17. The summed E-state index contributed by atoms with van der Waals surface area (Å²) in [6, 6.07) is 6.03. The fourth-order valence-corrected chi connectivity index (χ4v) is 2.53. The third-order valence-corrected chi connectivity index (χ3v) is 3.83. The highest BCUT2D eigenvalue weighted by Gasteiger charge is 2.09. The number of hydrogen-bond donors (Lipinski definition) is 1. The zero-order chi connectivity index (χ0) is 16.9. The number of phenols is 1. The van der Waals surface area contributed by atoms with Gasteiger partial charge >= 0.3 is 5.97 Å². The van der Waals surface area contributed by atoms with Crippen LogP contribution in [0.15, 0.2) is 24.3 Å². The van der Waals surface area contributed by atoms with E-state index in [1.165, 1.54) is 50.7 Å². The van der Waals surface area contributed by atoms with Crippen LogP contribution in [0.4, 0.5) is 0 Å². The van der Waals surface area contributed by atoms with Crippen molar-refractivity contribution in [1.29, 1.82) is 0 Å². The first kappa shape index (κ1) is 19.5. The van der Waals surface area contributed by atoms with E-state index in [0.717, 1.165) is 6.61 Å². The van der Waals surface area contributed by atoms with Crippen molar-refractivity contribution >= 4 is 5.97 Å². The lowest BCUT2D eigenvalue weighted by Gasteiger charge is -2.16. The molecule has 0 saturated heterocycles. The monoisotopic (exact) mass is 322 g/mol. The van der Waals surface area contributed by atoms with Gasteiger partial charge in [0.05, 0.1) is 12.2 Å². The maximum Gasteiger partial charge on any atom is 0.338 e. The molecule has 23 heavy (non-hydrogen) atoms. The second-order valence-electron chi connectivity index (χ2n) is 5.91. The van der Waals surface area contributed by atoms with E-state index in [1.807, 2.05) is 0 Å². The third-order valence-electron chi connectivity index (χ3n) is 3.83. The molecule has 0 aliphatic heterocycles. The van der Waals surface area contributed by atoms with Gasteiger partial charge in [-0.25, -0.2) is 4.79 Å². The third kappa shape index (κ3) is 8.60. The first-order valence-corrected chi connectivity index (χ1v) is 8.71. The van der Waals surface area contributed by atoms with Crippen LogP contribution in [0.2, 0.25) is 0 Å². The summed E-state index contributed by atoms with van der Waals surface area (Å²) in [6.45, 7) is 5.85. The summed E-state index contributed by atoms with van der Waals surface area (Å²) in [5.74, 6) is 0.357. The quantitative estimate of drug-likeness (QED) is 0.452. The Bertz CT molecular complexity index is 428. The lowest BCUT2D eigenvalue weighted by atomic mass is 9.97. The van der Waals surface area contributed by atoms with Gasteiger partial charge in [0.25, 0.3) is 0 Å². The Morgan fingerprint density at radius 3 is 2.43 bits per heavy atom. The molecule has 0 bridgehead atoms. The number of unbranched alkanes of at least 4 members (excludes halogenated alkanes) is 2. The number of rotatable bonds is 12. The lowest BCUT2D eigenvalue weighted by Crippen LogP contribution is -2.15. The second-order valence-corrected chi connectivity index (χ2v) is 5.91. The fourth-order valence-electron chi connectivity index (χ4n) is 2.53. The Hall–Kier alpha value is -1.55. The van der Waals surface area contributed by atoms with E-state index in [4.69, 9.17) is 9.47 Å². The van der Waals surface area contributed by atoms with Crippen molar-refractivity contribution in [2.75, 3.05) is 19.8 Å². The van der Waals surface area contributed by atoms with Gasteiger partial charge in [-0.05, 0) is 43.0 Å². The maximum absolute atomic E-state index is 11.8. The average molecular weight is 322 g/mol. The largest absolute Gasteiger partial charge is 0.508 e. The van der Waals surface area contributed by atoms with Gasteiger partial charge in [-0.2, -0.15) is 0 Å². The highest BCUT2D eigenvalue weighted by Crippen LogP contribution is 2.16. The number of carbonyl (C=O) groups excluding carboxylic acids is 1. The first-order valence-electron chi connectivity index (χ1n) is 8.71. The van der Waals surface area contributed by atoms with Gasteiger partial charge in [0.2, 0.25) is 0 Å². The molecule has 1 aromatic rings. The predicted molar refractivity (Wildman–Crippen MR) is 91.7 cm³/mol. The molecule has 0 saturated carbocycles. The Kier molecular flexibility index (Phi) is 10.1. The molecule has 130 valence electrons. The molecule has 4 nitrogen and oxygen atoms in total. The minimum atomic E-state index is -0.387. The van der Waals surface area contributed by atoms with Gasteiger partial charge in [0.15, 0.2) is 0 Å². The summed E-state index contributed by atoms with van der Waals surface area (Å²) in [7, 11) is 0. The molecule has 1 unspecified atom stereocenters. The number of phenolic OH excluding ortho intramolecular Hbond substituents is 1. The standard InChI is InChI=1S/C19H30O4/c1-3-5-6-8-16(7-4-2)15-22-13-14-23-19(21)17-9-11-18(20)12-10-17/h9-12,16,20H,3-8,13-15H2,1-2H3. The molecule has 1 N–H and O–H groups in total. The Labute approximate surface area is 139 Å². The average Bonchev–Trinajstić information content (AvgIpc) is 2.55. The highest BCUT2D eigenvalue weighted by molar-refractivity contribution is 5.89. The van der Waals surface area contributed by atoms with E-state index in [0.29, 0.717) is 18.1 Å². The van der Waals surface area contributed by atoms with Crippen LogP contribution in [0.1, 0.15) is 62.7 Å². The fraction of sp³-hybridized carbons (Fsp3) is 0.632. The van der Waals surface area contributed by atoms with Crippen molar-refractivity contribution in [3.8, 4) is 5.75 Å². The Morgan fingerprint density at radius 1 is 1.04 bits per heavy atom. The van der Waals surface area contributed by atoms with Crippen LogP contribution in [0.3, 0.4) is 0 Å². The summed E-state index contributed by atoms with van der Waals surface area (Å²) in [6.07, 6.45) is 7.37. The predicted octanol–water partition coefficient (Wildman–Crippen LogP) is 4.56. The summed E-state index contributed by atoms with van der Waals surface area (Å²) in [5.41, 5.74) is 0.436. The highest BCUT2D eigenvalue weighted by atomic mass is 16.6. The molecule has 1 rings (SSSR count). The number of benzene rings is 1. The van der Waals surface area contributed by atoms with E-state index >= 15 is 0 Å². The summed E-state index contributed by atoms with van der Waals surface area (Å²) < 4.78 is 10.8. The second kappa shape index (κ2) is 11.9. The smallest absolute Gasteiger partial charge is 0.338 e. The van der Waals surface area contributed by atoms with Crippen LogP contribution in [0.5, 0.6) is 5.75 Å². The van der Waals surface area contributed by atoms with Crippen molar-refractivity contribution in [1.82, 2.24) is 0 Å². The minimum Gasteiger partial charge on any atom is -0.508 e. The number of ether oxygens (including phenoxy) is 2. The molecule has 0 spiro atoms. The maximum atomic E-state index is 11.8. The summed E-state index contributed by atoms with van der Waals surface area (Å²) in [5, 5.41) is 9.19. The Morgan fingerprint density at radius 2 is 1.78 bits per heavy atom. The molecule has 0 aliphatic carbocycles. The van der Waals surface area contributed by atoms with Gasteiger partial charge in [-0.15, -0.1) is 0 Å². The van der Waals surface area contributed by atoms with E-state index in [2.05, 4.69) is 13.8 Å². The lowest BCUT2D eigenvalue weighted by molar-refractivity contribution is 0.0242. The van der Waals surface area contributed by atoms with Gasteiger partial charge < -0.3 is 14.6 Å². The number of hydrogen-bond acceptors (Lipinski definition) is 4. The van der Waals surface area contributed by atoms with Crippen LogP contribution >= 0.6 is 0 Å². The molecule has 0 radical (unpaired) electrons.